The summed E-state index contributed by atoms with van der Waals surface area (Å²) in [4.78, 5) is 11.7. The van der Waals surface area contributed by atoms with E-state index in [2.05, 4.69) is 46.5 Å². The van der Waals surface area contributed by atoms with Gasteiger partial charge in [0.05, 0.1) is 0 Å². The van der Waals surface area contributed by atoms with Gasteiger partial charge in [0, 0.05) is 38.4 Å². The molecule has 0 bridgehead atoms. The highest BCUT2D eigenvalue weighted by molar-refractivity contribution is 14.0. The molecule has 2 heterocycles. The van der Waals surface area contributed by atoms with E-state index in [1.807, 2.05) is 18.3 Å². The number of aliphatic imine (C=N–C) groups is 1. The number of piperidine rings is 1. The number of aromatic nitrogens is 1. The number of aromatic hydroxyl groups is 1. The number of anilines is 1. The largest absolute Gasteiger partial charge is 0.508 e. The van der Waals surface area contributed by atoms with Crippen LogP contribution in [-0.4, -0.2) is 48.3 Å². The molecule has 6 nitrogen and oxygen atoms in total. The van der Waals surface area contributed by atoms with Crippen molar-refractivity contribution >= 4 is 35.8 Å². The van der Waals surface area contributed by atoms with Gasteiger partial charge in [-0.3, -0.25) is 4.99 Å². The second-order valence-electron chi connectivity index (χ2n) is 7.63. The summed E-state index contributed by atoms with van der Waals surface area (Å²) in [6, 6.07) is 12.1. The molecule has 0 atom stereocenters. The van der Waals surface area contributed by atoms with Crippen molar-refractivity contribution in [1.29, 1.82) is 0 Å². The predicted molar refractivity (Wildman–Crippen MR) is 135 cm³/mol. The van der Waals surface area contributed by atoms with Crippen molar-refractivity contribution in [3.05, 3.63) is 53.7 Å². The van der Waals surface area contributed by atoms with Gasteiger partial charge >= 0.3 is 0 Å². The highest BCUT2D eigenvalue weighted by atomic mass is 127. The first-order valence-corrected chi connectivity index (χ1v) is 10.6. The lowest BCUT2D eigenvalue weighted by Crippen LogP contribution is -2.49. The van der Waals surface area contributed by atoms with Crippen LogP contribution in [-0.2, 0) is 6.42 Å². The first-order chi connectivity index (χ1) is 14.1. The summed E-state index contributed by atoms with van der Waals surface area (Å²) in [5.41, 5.74) is 2.43. The third-order valence-corrected chi connectivity index (χ3v) is 5.23. The van der Waals surface area contributed by atoms with Crippen LogP contribution in [0.2, 0.25) is 0 Å². The molecule has 0 aliphatic carbocycles. The Morgan fingerprint density at radius 3 is 2.53 bits per heavy atom. The maximum atomic E-state index is 9.36. The highest BCUT2D eigenvalue weighted by Gasteiger charge is 2.20. The van der Waals surface area contributed by atoms with Crippen molar-refractivity contribution < 1.29 is 5.11 Å². The topological polar surface area (TPSA) is 72.8 Å². The number of guanidine groups is 1. The van der Waals surface area contributed by atoms with Crippen LogP contribution in [0.15, 0.2) is 47.6 Å². The summed E-state index contributed by atoms with van der Waals surface area (Å²) in [5, 5.41) is 16.3. The molecular formula is C23H34IN5O. The smallest absolute Gasteiger partial charge is 0.191 e. The quantitative estimate of drug-likeness (QED) is 0.223. The maximum Gasteiger partial charge on any atom is 0.191 e. The van der Waals surface area contributed by atoms with E-state index >= 15 is 0 Å². The lowest BCUT2D eigenvalue weighted by atomic mass is 10.1. The molecule has 0 radical (unpaired) electrons. The number of nitrogens with zero attached hydrogens (tertiary/aromatic N) is 3. The summed E-state index contributed by atoms with van der Waals surface area (Å²) in [7, 11) is 0. The summed E-state index contributed by atoms with van der Waals surface area (Å²) in [6.07, 6.45) is 6.04. The molecule has 0 spiro atoms. The molecule has 0 unspecified atom stereocenters. The Hall–Kier alpha value is -2.03. The molecule has 1 aromatic heterocycles. The second-order valence-corrected chi connectivity index (χ2v) is 7.63. The van der Waals surface area contributed by atoms with E-state index in [1.54, 1.807) is 12.1 Å². The van der Waals surface area contributed by atoms with Crippen LogP contribution < -0.4 is 15.5 Å². The van der Waals surface area contributed by atoms with Crippen molar-refractivity contribution in [1.82, 2.24) is 15.6 Å². The molecule has 0 amide bonds. The van der Waals surface area contributed by atoms with Crippen LogP contribution in [0, 0.1) is 6.92 Å². The Morgan fingerprint density at radius 2 is 1.90 bits per heavy atom. The molecule has 3 rings (SSSR count). The number of hydrogen-bond donors (Lipinski definition) is 3. The number of aryl methyl sites for hydroxylation is 2. The van der Waals surface area contributed by atoms with Gasteiger partial charge in [0.25, 0.3) is 0 Å². The third-order valence-electron chi connectivity index (χ3n) is 5.23. The van der Waals surface area contributed by atoms with E-state index in [0.717, 1.165) is 63.6 Å². The summed E-state index contributed by atoms with van der Waals surface area (Å²) < 4.78 is 0. The first kappa shape index (κ1) is 24.2. The van der Waals surface area contributed by atoms with Crippen molar-refractivity contribution in [3.8, 4) is 5.75 Å². The van der Waals surface area contributed by atoms with E-state index in [0.29, 0.717) is 11.8 Å². The van der Waals surface area contributed by atoms with Gasteiger partial charge in [0.2, 0.25) is 0 Å². The molecule has 2 aromatic rings. The van der Waals surface area contributed by atoms with Gasteiger partial charge in [-0.25, -0.2) is 4.98 Å². The molecule has 1 aromatic carbocycles. The maximum absolute atomic E-state index is 9.36. The zero-order valence-electron chi connectivity index (χ0n) is 18.0. The van der Waals surface area contributed by atoms with Gasteiger partial charge in [-0.2, -0.15) is 0 Å². The number of benzene rings is 1. The second kappa shape index (κ2) is 12.6. The van der Waals surface area contributed by atoms with Gasteiger partial charge in [-0.05, 0) is 68.9 Å². The van der Waals surface area contributed by atoms with Gasteiger partial charge in [-0.15, -0.1) is 24.0 Å². The molecule has 7 heteroatoms. The molecular weight excluding hydrogens is 489 g/mol. The first-order valence-electron chi connectivity index (χ1n) is 10.6. The van der Waals surface area contributed by atoms with Crippen LogP contribution in [0.5, 0.6) is 5.75 Å². The standard InChI is InChI=1S/C23H33N5O.HI/c1-3-24-23(25-14-4-5-19-7-9-21(29)10-8-19)27-20-12-15-28(16-13-20)22-11-6-18(2)17-26-22;/h6-11,17,20,29H,3-5,12-16H2,1-2H3,(H2,24,25,27);1H. The summed E-state index contributed by atoms with van der Waals surface area (Å²) >= 11 is 0. The van der Waals surface area contributed by atoms with E-state index in [1.165, 1.54) is 11.1 Å². The Kier molecular flexibility index (Phi) is 10.2. The summed E-state index contributed by atoms with van der Waals surface area (Å²) in [5.74, 6) is 2.29. The zero-order valence-corrected chi connectivity index (χ0v) is 20.3. The van der Waals surface area contributed by atoms with Crippen LogP contribution in [0.3, 0.4) is 0 Å². The SMILES string of the molecule is CCNC(=NCCCc1ccc(O)cc1)NC1CCN(c2ccc(C)cn2)CC1.I. The van der Waals surface area contributed by atoms with E-state index < -0.39 is 0 Å². The average molecular weight is 523 g/mol. The Morgan fingerprint density at radius 1 is 1.17 bits per heavy atom. The normalized spacial score (nSPS) is 14.9. The fourth-order valence-corrected chi connectivity index (χ4v) is 3.55. The number of phenolic OH excluding ortho intramolecular Hbond substituents is 1. The molecule has 1 fully saturated rings. The van der Waals surface area contributed by atoms with E-state index in [4.69, 9.17) is 4.99 Å². The Balaban J connectivity index is 0.00000320. The van der Waals surface area contributed by atoms with Gasteiger partial charge in [-0.1, -0.05) is 18.2 Å². The number of phenols is 1. The molecule has 30 heavy (non-hydrogen) atoms. The molecule has 0 saturated carbocycles. The van der Waals surface area contributed by atoms with Crippen molar-refractivity contribution in [2.45, 2.75) is 45.6 Å². The minimum absolute atomic E-state index is 0. The third kappa shape index (κ3) is 7.66. The minimum atomic E-state index is 0. The monoisotopic (exact) mass is 523 g/mol. The molecule has 1 aliphatic heterocycles. The van der Waals surface area contributed by atoms with E-state index in [9.17, 15) is 5.11 Å². The number of hydrogen-bond acceptors (Lipinski definition) is 4. The predicted octanol–water partition coefficient (Wildman–Crippen LogP) is 3.87. The van der Waals surface area contributed by atoms with Crippen molar-refractivity contribution in [2.24, 2.45) is 4.99 Å². The van der Waals surface area contributed by atoms with Crippen molar-refractivity contribution in [2.75, 3.05) is 31.1 Å². The Labute approximate surface area is 197 Å². The molecule has 164 valence electrons. The Bertz CT molecular complexity index is 771. The summed E-state index contributed by atoms with van der Waals surface area (Å²) in [6.45, 7) is 7.82. The average Bonchev–Trinajstić information content (AvgIpc) is 2.74. The fourth-order valence-electron chi connectivity index (χ4n) is 3.55. The van der Waals surface area contributed by atoms with Crippen LogP contribution in [0.4, 0.5) is 5.82 Å². The number of rotatable bonds is 7. The van der Waals surface area contributed by atoms with Crippen molar-refractivity contribution in [3.63, 3.8) is 0 Å². The lowest BCUT2D eigenvalue weighted by Gasteiger charge is -2.33. The van der Waals surface area contributed by atoms with Crippen LogP contribution in [0.25, 0.3) is 0 Å². The van der Waals surface area contributed by atoms with Gasteiger partial charge < -0.3 is 20.6 Å². The molecule has 1 saturated heterocycles. The fraction of sp³-hybridized carbons (Fsp3) is 0.478. The van der Waals surface area contributed by atoms with Gasteiger partial charge in [0.15, 0.2) is 5.96 Å². The zero-order chi connectivity index (χ0) is 20.5. The lowest BCUT2D eigenvalue weighted by molar-refractivity contribution is 0.459. The van der Waals surface area contributed by atoms with Crippen LogP contribution in [0.1, 0.15) is 37.3 Å². The van der Waals surface area contributed by atoms with E-state index in [-0.39, 0.29) is 24.0 Å². The number of halogens is 1. The van der Waals surface area contributed by atoms with Crippen LogP contribution >= 0.6 is 24.0 Å². The molecule has 1 aliphatic rings. The molecule has 3 N–H and O–H groups in total. The highest BCUT2D eigenvalue weighted by Crippen LogP contribution is 2.18. The van der Waals surface area contributed by atoms with Gasteiger partial charge in [0.1, 0.15) is 11.6 Å². The number of pyridine rings is 1. The number of nitrogens with one attached hydrogen (secondary N) is 2. The minimum Gasteiger partial charge on any atom is -0.508 e.